The molecule has 0 saturated carbocycles. The largest absolute Gasteiger partial charge is 0.379 e. The predicted molar refractivity (Wildman–Crippen MR) is 105 cm³/mol. The fourth-order valence-electron chi connectivity index (χ4n) is 3.08. The Bertz CT molecular complexity index is 981. The highest BCUT2D eigenvalue weighted by Crippen LogP contribution is 2.34. The summed E-state index contributed by atoms with van der Waals surface area (Å²) < 4.78 is 54.9. The van der Waals surface area contributed by atoms with Crippen LogP contribution >= 0.6 is 0 Å². The van der Waals surface area contributed by atoms with Gasteiger partial charge < -0.3 is 10.1 Å². The van der Waals surface area contributed by atoms with Gasteiger partial charge in [-0.2, -0.15) is 0 Å². The smallest absolute Gasteiger partial charge is 0.271 e. The third-order valence-electron chi connectivity index (χ3n) is 5.33. The van der Waals surface area contributed by atoms with Gasteiger partial charge in [0, 0.05) is 24.1 Å². The van der Waals surface area contributed by atoms with Gasteiger partial charge in [-0.15, -0.1) is 0 Å². The second-order valence-corrected chi connectivity index (χ2v) is 7.90. The number of hydrogen-bond donors (Lipinski definition) is 2. The van der Waals surface area contributed by atoms with Crippen LogP contribution in [0.25, 0.3) is 11.3 Å². The molecule has 0 saturated heterocycles. The van der Waals surface area contributed by atoms with Crippen LogP contribution in [-0.2, 0) is 12.0 Å². The fraction of sp³-hybridized carbons (Fsp3) is 0.364. The van der Waals surface area contributed by atoms with Crippen LogP contribution in [0.1, 0.15) is 43.8 Å². The standard InChI is InChI=1S/C22H23F4N3O/c1-13(21(2,3)26)18-12-28-19(29-18)10-22(30,20(24)25)15-6-4-14(5-7-15)17-9-8-16(23)11-27-17/h4-9,11-13,20,30H,10H2,1-3H3,(H,28,29). The van der Waals surface area contributed by atoms with Crippen LogP contribution < -0.4 is 0 Å². The van der Waals surface area contributed by atoms with Gasteiger partial charge in [-0.3, -0.25) is 4.98 Å². The second-order valence-electron chi connectivity index (χ2n) is 7.90. The van der Waals surface area contributed by atoms with E-state index in [2.05, 4.69) is 15.0 Å². The van der Waals surface area contributed by atoms with E-state index in [9.17, 15) is 22.7 Å². The van der Waals surface area contributed by atoms with E-state index in [0.29, 0.717) is 17.0 Å². The molecule has 0 fully saturated rings. The van der Waals surface area contributed by atoms with Gasteiger partial charge >= 0.3 is 0 Å². The monoisotopic (exact) mass is 421 g/mol. The summed E-state index contributed by atoms with van der Waals surface area (Å²) in [4.78, 5) is 10.9. The van der Waals surface area contributed by atoms with Gasteiger partial charge in [-0.05, 0) is 31.5 Å². The third-order valence-corrected chi connectivity index (χ3v) is 5.33. The molecule has 0 radical (unpaired) electrons. The van der Waals surface area contributed by atoms with Crippen molar-refractivity contribution in [2.24, 2.45) is 0 Å². The number of nitrogens with zero attached hydrogens (tertiary/aromatic N) is 2. The minimum Gasteiger partial charge on any atom is -0.379 e. The summed E-state index contributed by atoms with van der Waals surface area (Å²) in [5.74, 6) is -0.899. The van der Waals surface area contributed by atoms with Crippen molar-refractivity contribution >= 4 is 0 Å². The summed E-state index contributed by atoms with van der Waals surface area (Å²) in [6.07, 6.45) is -1.03. The third kappa shape index (κ3) is 4.53. The molecule has 4 nitrogen and oxygen atoms in total. The maximum atomic E-state index is 14.2. The number of rotatable bonds is 7. The molecule has 0 aliphatic heterocycles. The molecule has 3 aromatic rings. The number of H-pyrrole nitrogens is 1. The zero-order valence-corrected chi connectivity index (χ0v) is 16.8. The van der Waals surface area contributed by atoms with Gasteiger partial charge in [0.2, 0.25) is 0 Å². The molecule has 30 heavy (non-hydrogen) atoms. The van der Waals surface area contributed by atoms with Crippen molar-refractivity contribution < 1.29 is 22.7 Å². The van der Waals surface area contributed by atoms with Crippen molar-refractivity contribution in [1.29, 1.82) is 0 Å². The van der Waals surface area contributed by atoms with Crippen LogP contribution in [0.15, 0.2) is 48.8 Å². The quantitative estimate of drug-likeness (QED) is 0.518. The van der Waals surface area contributed by atoms with Crippen molar-refractivity contribution in [3.05, 3.63) is 71.7 Å². The van der Waals surface area contributed by atoms with Crippen LogP contribution in [-0.4, -0.2) is 32.2 Å². The number of benzene rings is 1. The number of pyridine rings is 1. The zero-order chi connectivity index (χ0) is 22.1. The number of alkyl halides is 3. The normalized spacial score (nSPS) is 15.2. The fourth-order valence-corrected chi connectivity index (χ4v) is 3.08. The summed E-state index contributed by atoms with van der Waals surface area (Å²) >= 11 is 0. The average Bonchev–Trinajstić information content (AvgIpc) is 3.15. The van der Waals surface area contributed by atoms with Crippen LogP contribution in [0, 0.1) is 5.82 Å². The predicted octanol–water partition coefficient (Wildman–Crippen LogP) is 5.16. The Hall–Kier alpha value is -2.74. The van der Waals surface area contributed by atoms with Crippen molar-refractivity contribution in [3.63, 3.8) is 0 Å². The van der Waals surface area contributed by atoms with Crippen molar-refractivity contribution in [1.82, 2.24) is 15.0 Å². The van der Waals surface area contributed by atoms with E-state index in [-0.39, 0.29) is 11.4 Å². The minimum atomic E-state index is -3.09. The van der Waals surface area contributed by atoms with Gasteiger partial charge in [0.1, 0.15) is 17.3 Å². The molecule has 0 amide bonds. The molecule has 0 aliphatic carbocycles. The van der Waals surface area contributed by atoms with E-state index in [4.69, 9.17) is 0 Å². The SMILES string of the molecule is CC(c1c[nH]c(CC(O)(c2ccc(-c3ccc(F)cn3)cc2)C(F)F)n1)C(C)(C)F. The van der Waals surface area contributed by atoms with Crippen molar-refractivity contribution in [3.8, 4) is 11.3 Å². The van der Waals surface area contributed by atoms with Crippen LogP contribution in [0.3, 0.4) is 0 Å². The van der Waals surface area contributed by atoms with E-state index in [1.54, 1.807) is 6.92 Å². The van der Waals surface area contributed by atoms with E-state index < -0.39 is 35.9 Å². The Morgan fingerprint density at radius 3 is 2.30 bits per heavy atom. The number of halogens is 4. The molecule has 0 bridgehead atoms. The number of aromatic nitrogens is 3. The topological polar surface area (TPSA) is 61.8 Å². The van der Waals surface area contributed by atoms with Crippen LogP contribution in [0.5, 0.6) is 0 Å². The Morgan fingerprint density at radius 2 is 1.77 bits per heavy atom. The Labute approximate surface area is 172 Å². The lowest BCUT2D eigenvalue weighted by Gasteiger charge is -2.27. The lowest BCUT2D eigenvalue weighted by atomic mass is 9.89. The van der Waals surface area contributed by atoms with E-state index in [1.165, 1.54) is 56.4 Å². The molecule has 3 rings (SSSR count). The molecule has 0 spiro atoms. The lowest BCUT2D eigenvalue weighted by molar-refractivity contribution is -0.102. The molecule has 2 heterocycles. The van der Waals surface area contributed by atoms with Gasteiger partial charge in [0.25, 0.3) is 6.43 Å². The Morgan fingerprint density at radius 1 is 1.10 bits per heavy atom. The number of aliphatic hydroxyl groups is 1. The minimum absolute atomic E-state index is 0.000168. The molecule has 2 aromatic heterocycles. The van der Waals surface area contributed by atoms with Gasteiger partial charge in [-0.1, -0.05) is 31.2 Å². The maximum Gasteiger partial charge on any atom is 0.271 e. The zero-order valence-electron chi connectivity index (χ0n) is 16.8. The van der Waals surface area contributed by atoms with E-state index in [1.807, 2.05) is 0 Å². The second kappa shape index (κ2) is 8.18. The first-order valence-corrected chi connectivity index (χ1v) is 9.47. The number of hydrogen-bond acceptors (Lipinski definition) is 3. The molecular formula is C22H23F4N3O. The summed E-state index contributed by atoms with van der Waals surface area (Å²) in [5.41, 5.74) is -2.56. The average molecular weight is 421 g/mol. The molecule has 8 heteroatoms. The highest BCUT2D eigenvalue weighted by Gasteiger charge is 2.41. The first-order valence-electron chi connectivity index (χ1n) is 9.47. The molecule has 2 unspecified atom stereocenters. The van der Waals surface area contributed by atoms with Gasteiger partial charge in [0.15, 0.2) is 5.60 Å². The Balaban J connectivity index is 1.86. The molecule has 160 valence electrons. The lowest BCUT2D eigenvalue weighted by Crippen LogP contribution is -2.37. The van der Waals surface area contributed by atoms with Crippen LogP contribution in [0.4, 0.5) is 17.6 Å². The first-order chi connectivity index (χ1) is 14.0. The highest BCUT2D eigenvalue weighted by atomic mass is 19.3. The van der Waals surface area contributed by atoms with Crippen molar-refractivity contribution in [2.45, 2.75) is 50.8 Å². The highest BCUT2D eigenvalue weighted by molar-refractivity contribution is 5.59. The summed E-state index contributed by atoms with van der Waals surface area (Å²) in [7, 11) is 0. The van der Waals surface area contributed by atoms with Crippen molar-refractivity contribution in [2.75, 3.05) is 0 Å². The number of nitrogens with one attached hydrogen (secondary N) is 1. The van der Waals surface area contributed by atoms with E-state index in [0.717, 1.165) is 6.20 Å². The Kier molecular flexibility index (Phi) is 5.99. The molecular weight excluding hydrogens is 398 g/mol. The summed E-state index contributed by atoms with van der Waals surface area (Å²) in [5, 5.41) is 10.8. The van der Waals surface area contributed by atoms with Crippen LogP contribution in [0.2, 0.25) is 0 Å². The molecule has 2 atom stereocenters. The van der Waals surface area contributed by atoms with E-state index >= 15 is 0 Å². The van der Waals surface area contributed by atoms with Gasteiger partial charge in [-0.25, -0.2) is 22.5 Å². The summed E-state index contributed by atoms with van der Waals surface area (Å²) in [6.45, 7) is 4.49. The number of aromatic amines is 1. The maximum absolute atomic E-state index is 14.2. The summed E-state index contributed by atoms with van der Waals surface area (Å²) in [6, 6.07) is 8.54. The van der Waals surface area contributed by atoms with Gasteiger partial charge in [0.05, 0.1) is 17.6 Å². The first kappa shape index (κ1) is 22.0. The molecule has 2 N–H and O–H groups in total. The number of imidazole rings is 1. The molecule has 0 aliphatic rings. The molecule has 1 aromatic carbocycles.